The SMILES string of the molecule is CCCCOCCCNC(=O)Cn1c(=O)c2c(ncn2CCOC)n(Cc2ccccc2)c1=O. The number of rotatable bonds is 14. The number of unbranched alkanes of at least 4 members (excludes halogenated alkanes) is 1. The van der Waals surface area contributed by atoms with Gasteiger partial charge in [0.05, 0.1) is 19.5 Å². The number of carbonyl (C=O) groups is 1. The minimum absolute atomic E-state index is 0.231. The highest BCUT2D eigenvalue weighted by Crippen LogP contribution is 2.10. The van der Waals surface area contributed by atoms with E-state index in [0.717, 1.165) is 23.0 Å². The summed E-state index contributed by atoms with van der Waals surface area (Å²) in [5.74, 6) is -0.402. The Hall–Kier alpha value is -3.24. The van der Waals surface area contributed by atoms with Crippen molar-refractivity contribution in [3.8, 4) is 0 Å². The smallest absolute Gasteiger partial charge is 0.333 e. The number of hydrogen-bond donors (Lipinski definition) is 1. The third-order valence-electron chi connectivity index (χ3n) is 5.44. The average molecular weight is 472 g/mol. The zero-order valence-electron chi connectivity index (χ0n) is 19.9. The Labute approximate surface area is 198 Å². The van der Waals surface area contributed by atoms with Gasteiger partial charge in [-0.15, -0.1) is 0 Å². The van der Waals surface area contributed by atoms with E-state index in [1.165, 1.54) is 10.9 Å². The van der Waals surface area contributed by atoms with E-state index in [4.69, 9.17) is 9.47 Å². The van der Waals surface area contributed by atoms with Crippen LogP contribution in [0.2, 0.25) is 0 Å². The number of ether oxygens (including phenoxy) is 2. The van der Waals surface area contributed by atoms with Crippen molar-refractivity contribution in [1.29, 1.82) is 0 Å². The number of amides is 1. The molecule has 0 saturated heterocycles. The van der Waals surface area contributed by atoms with E-state index in [-0.39, 0.29) is 24.3 Å². The second kappa shape index (κ2) is 12.9. The van der Waals surface area contributed by atoms with Crippen molar-refractivity contribution in [2.45, 2.75) is 45.8 Å². The number of imidazole rings is 1. The summed E-state index contributed by atoms with van der Waals surface area (Å²) in [6, 6.07) is 9.44. The zero-order chi connectivity index (χ0) is 24.3. The molecular formula is C24H33N5O5. The summed E-state index contributed by atoms with van der Waals surface area (Å²) in [4.78, 5) is 43.4. The molecule has 184 valence electrons. The summed E-state index contributed by atoms with van der Waals surface area (Å²) in [7, 11) is 1.57. The molecule has 0 aliphatic heterocycles. The summed E-state index contributed by atoms with van der Waals surface area (Å²) < 4.78 is 14.7. The van der Waals surface area contributed by atoms with E-state index < -0.39 is 17.2 Å². The van der Waals surface area contributed by atoms with Crippen LogP contribution < -0.4 is 16.6 Å². The van der Waals surface area contributed by atoms with Gasteiger partial charge in [-0.2, -0.15) is 0 Å². The van der Waals surface area contributed by atoms with Gasteiger partial charge in [0.15, 0.2) is 11.2 Å². The van der Waals surface area contributed by atoms with Gasteiger partial charge in [0.25, 0.3) is 5.56 Å². The van der Waals surface area contributed by atoms with Gasteiger partial charge < -0.3 is 19.4 Å². The molecule has 1 N–H and O–H groups in total. The number of benzene rings is 1. The lowest BCUT2D eigenvalue weighted by Gasteiger charge is -2.13. The van der Waals surface area contributed by atoms with Gasteiger partial charge in [-0.05, 0) is 18.4 Å². The third-order valence-corrected chi connectivity index (χ3v) is 5.44. The molecule has 34 heavy (non-hydrogen) atoms. The summed E-state index contributed by atoms with van der Waals surface area (Å²) >= 11 is 0. The molecule has 2 heterocycles. The molecule has 10 heteroatoms. The van der Waals surface area contributed by atoms with Gasteiger partial charge in [-0.25, -0.2) is 14.3 Å². The first-order chi connectivity index (χ1) is 16.6. The van der Waals surface area contributed by atoms with Gasteiger partial charge >= 0.3 is 5.69 Å². The largest absolute Gasteiger partial charge is 0.383 e. The molecule has 1 aromatic carbocycles. The summed E-state index contributed by atoms with van der Waals surface area (Å²) in [6.07, 6.45) is 4.26. The predicted molar refractivity (Wildman–Crippen MR) is 129 cm³/mol. The molecule has 0 spiro atoms. The maximum Gasteiger partial charge on any atom is 0.333 e. The Morgan fingerprint density at radius 2 is 1.82 bits per heavy atom. The van der Waals surface area contributed by atoms with Crippen molar-refractivity contribution in [2.24, 2.45) is 0 Å². The minimum Gasteiger partial charge on any atom is -0.383 e. The number of methoxy groups -OCH3 is 1. The average Bonchev–Trinajstić information content (AvgIpc) is 3.27. The van der Waals surface area contributed by atoms with E-state index in [2.05, 4.69) is 17.2 Å². The first-order valence-electron chi connectivity index (χ1n) is 11.6. The maximum atomic E-state index is 13.3. The fourth-order valence-electron chi connectivity index (χ4n) is 3.60. The monoisotopic (exact) mass is 471 g/mol. The fraction of sp³-hybridized carbons (Fsp3) is 0.500. The number of aromatic nitrogens is 4. The lowest BCUT2D eigenvalue weighted by atomic mass is 10.2. The highest BCUT2D eigenvalue weighted by Gasteiger charge is 2.19. The molecule has 3 rings (SSSR count). The molecule has 0 bridgehead atoms. The number of nitrogens with zero attached hydrogens (tertiary/aromatic N) is 4. The van der Waals surface area contributed by atoms with Crippen molar-refractivity contribution in [3.63, 3.8) is 0 Å². The van der Waals surface area contributed by atoms with E-state index in [1.807, 2.05) is 30.3 Å². The van der Waals surface area contributed by atoms with E-state index in [1.54, 1.807) is 11.7 Å². The van der Waals surface area contributed by atoms with Crippen LogP contribution in [0.5, 0.6) is 0 Å². The number of nitrogens with one attached hydrogen (secondary N) is 1. The number of hydrogen-bond acceptors (Lipinski definition) is 6. The molecule has 0 atom stereocenters. The molecule has 0 unspecified atom stereocenters. The maximum absolute atomic E-state index is 13.3. The second-order valence-corrected chi connectivity index (χ2v) is 8.02. The second-order valence-electron chi connectivity index (χ2n) is 8.02. The van der Waals surface area contributed by atoms with Crippen LogP contribution in [0, 0.1) is 0 Å². The molecule has 2 aromatic heterocycles. The molecule has 0 saturated carbocycles. The molecule has 0 radical (unpaired) electrons. The lowest BCUT2D eigenvalue weighted by molar-refractivity contribution is -0.121. The Balaban J connectivity index is 1.84. The minimum atomic E-state index is -0.573. The molecule has 1 amide bonds. The third kappa shape index (κ3) is 6.42. The molecular weight excluding hydrogens is 438 g/mol. The van der Waals surface area contributed by atoms with E-state index in [0.29, 0.717) is 39.3 Å². The van der Waals surface area contributed by atoms with Crippen molar-refractivity contribution in [2.75, 3.05) is 33.5 Å². The Kier molecular flexibility index (Phi) is 9.60. The predicted octanol–water partition coefficient (Wildman–Crippen LogP) is 1.38. The summed E-state index contributed by atoms with van der Waals surface area (Å²) in [6.45, 7) is 4.40. The van der Waals surface area contributed by atoms with Crippen molar-refractivity contribution >= 4 is 17.1 Å². The Morgan fingerprint density at radius 1 is 1.06 bits per heavy atom. The van der Waals surface area contributed by atoms with E-state index in [9.17, 15) is 14.4 Å². The lowest BCUT2D eigenvalue weighted by Crippen LogP contribution is -2.44. The Bertz CT molecular complexity index is 1180. The standard InChI is InChI=1S/C24H33N5O5/c1-3-4-13-34-14-8-11-25-20(30)17-29-23(31)21-22(26-18-27(21)12-15-33-2)28(24(29)32)16-19-9-6-5-7-10-19/h5-7,9-10,18H,3-4,8,11-17H2,1-2H3,(H,25,30). The molecule has 0 aliphatic rings. The molecule has 0 aliphatic carbocycles. The molecule has 3 aromatic rings. The zero-order valence-corrected chi connectivity index (χ0v) is 19.9. The van der Waals surface area contributed by atoms with Crippen molar-refractivity contribution < 1.29 is 14.3 Å². The van der Waals surface area contributed by atoms with Gasteiger partial charge in [0, 0.05) is 33.4 Å². The molecule has 0 fully saturated rings. The van der Waals surface area contributed by atoms with Crippen LogP contribution >= 0.6 is 0 Å². The fourth-order valence-corrected chi connectivity index (χ4v) is 3.60. The van der Waals surface area contributed by atoms with E-state index >= 15 is 0 Å². The van der Waals surface area contributed by atoms with Crippen LogP contribution in [0.15, 0.2) is 46.2 Å². The van der Waals surface area contributed by atoms with Crippen LogP contribution in [0.4, 0.5) is 0 Å². The van der Waals surface area contributed by atoms with Crippen molar-refractivity contribution in [1.82, 2.24) is 24.0 Å². The van der Waals surface area contributed by atoms with Crippen LogP contribution in [0.1, 0.15) is 31.7 Å². The topological polar surface area (TPSA) is 109 Å². The first kappa shape index (κ1) is 25.4. The van der Waals surface area contributed by atoms with Crippen LogP contribution in [-0.4, -0.2) is 58.1 Å². The normalized spacial score (nSPS) is 11.2. The highest BCUT2D eigenvalue weighted by molar-refractivity contribution is 5.76. The van der Waals surface area contributed by atoms with Gasteiger partial charge in [0.1, 0.15) is 6.54 Å². The number of fused-ring (bicyclic) bond motifs is 1. The highest BCUT2D eigenvalue weighted by atomic mass is 16.5. The van der Waals surface area contributed by atoms with Crippen LogP contribution in [-0.2, 0) is 33.9 Å². The summed E-state index contributed by atoms with van der Waals surface area (Å²) in [5, 5.41) is 2.77. The number of carbonyl (C=O) groups excluding carboxylic acids is 1. The summed E-state index contributed by atoms with van der Waals surface area (Å²) in [5.41, 5.74) is 0.322. The van der Waals surface area contributed by atoms with Crippen molar-refractivity contribution in [3.05, 3.63) is 63.1 Å². The van der Waals surface area contributed by atoms with Gasteiger partial charge in [0.2, 0.25) is 5.91 Å². The van der Waals surface area contributed by atoms with Crippen LogP contribution in [0.3, 0.4) is 0 Å². The van der Waals surface area contributed by atoms with Gasteiger partial charge in [-0.1, -0.05) is 43.7 Å². The van der Waals surface area contributed by atoms with Crippen LogP contribution in [0.25, 0.3) is 11.2 Å². The Morgan fingerprint density at radius 3 is 2.56 bits per heavy atom. The quantitative estimate of drug-likeness (QED) is 0.356. The van der Waals surface area contributed by atoms with Gasteiger partial charge in [-0.3, -0.25) is 14.2 Å². The molecule has 10 nitrogen and oxygen atoms in total. The first-order valence-corrected chi connectivity index (χ1v) is 11.6.